The lowest BCUT2D eigenvalue weighted by Gasteiger charge is -2.37. The maximum absolute atomic E-state index is 13.9. The summed E-state index contributed by atoms with van der Waals surface area (Å²) in [5, 5.41) is 2.09. The maximum atomic E-state index is 13.9. The summed E-state index contributed by atoms with van der Waals surface area (Å²) in [6, 6.07) is 15.4. The quantitative estimate of drug-likeness (QED) is 0.360. The summed E-state index contributed by atoms with van der Waals surface area (Å²) in [4.78, 5) is 32.4. The smallest absolute Gasteiger partial charge is 0.258 e. The number of benzene rings is 2. The number of ether oxygens (including phenoxy) is 3. The van der Waals surface area contributed by atoms with Crippen LogP contribution in [0, 0.1) is 6.92 Å². The number of rotatable bonds is 10. The fraction of sp³-hybridized carbons (Fsp3) is 0.379. The number of carbonyl (C=O) groups excluding carboxylic acids is 2. The highest BCUT2D eigenvalue weighted by Crippen LogP contribution is 2.38. The molecule has 1 aliphatic heterocycles. The molecule has 4 rings (SSSR count). The minimum atomic E-state index is -0.260. The number of thiophene rings is 1. The van der Waals surface area contributed by atoms with Crippen LogP contribution in [-0.4, -0.2) is 69.2 Å². The maximum Gasteiger partial charge on any atom is 0.258 e. The zero-order valence-electron chi connectivity index (χ0n) is 21.9. The highest BCUT2D eigenvalue weighted by molar-refractivity contribution is 7.10. The van der Waals surface area contributed by atoms with Crippen LogP contribution >= 0.6 is 11.3 Å². The number of hydrogen-bond acceptors (Lipinski definition) is 6. The molecule has 0 spiro atoms. The van der Waals surface area contributed by atoms with Crippen LogP contribution in [0.5, 0.6) is 11.5 Å². The van der Waals surface area contributed by atoms with Gasteiger partial charge in [-0.15, -0.1) is 11.3 Å². The summed E-state index contributed by atoms with van der Waals surface area (Å²) in [6.45, 7) is 3.52. The van der Waals surface area contributed by atoms with E-state index in [1.165, 1.54) is 23.1 Å². The van der Waals surface area contributed by atoms with E-state index in [0.29, 0.717) is 43.2 Å². The highest BCUT2D eigenvalue weighted by atomic mass is 32.1. The van der Waals surface area contributed by atoms with Crippen LogP contribution in [0.1, 0.15) is 44.4 Å². The van der Waals surface area contributed by atoms with Crippen LogP contribution in [0.4, 0.5) is 0 Å². The van der Waals surface area contributed by atoms with Gasteiger partial charge < -0.3 is 24.0 Å². The fourth-order valence-electron chi connectivity index (χ4n) is 4.75. The molecule has 0 radical (unpaired) electrons. The Bertz CT molecular complexity index is 1220. The molecular formula is C29H34N2O5S. The van der Waals surface area contributed by atoms with Gasteiger partial charge in [0.2, 0.25) is 5.91 Å². The molecule has 0 N–H and O–H groups in total. The summed E-state index contributed by atoms with van der Waals surface area (Å²) >= 11 is 1.74. The second-order valence-corrected chi connectivity index (χ2v) is 10.1. The first-order chi connectivity index (χ1) is 18.0. The van der Waals surface area contributed by atoms with Crippen LogP contribution < -0.4 is 9.47 Å². The SMILES string of the molecule is COCCCN(CC(=O)N1CCc2sccc2C1c1ccc(C)cc1)C(=O)c1ccc(OC)cc1OC. The molecule has 3 aromatic rings. The molecule has 196 valence electrons. The Labute approximate surface area is 222 Å². The number of fused-ring (bicyclic) bond motifs is 1. The lowest BCUT2D eigenvalue weighted by atomic mass is 9.92. The van der Waals surface area contributed by atoms with Crippen molar-refractivity contribution in [2.75, 3.05) is 47.6 Å². The Morgan fingerprint density at radius 1 is 1.05 bits per heavy atom. The monoisotopic (exact) mass is 522 g/mol. The Kier molecular flexibility index (Phi) is 8.84. The predicted molar refractivity (Wildman–Crippen MR) is 145 cm³/mol. The third kappa shape index (κ3) is 5.97. The Morgan fingerprint density at radius 3 is 2.54 bits per heavy atom. The minimum absolute atomic E-state index is 0.0282. The molecule has 0 saturated heterocycles. The minimum Gasteiger partial charge on any atom is -0.497 e. The van der Waals surface area contributed by atoms with E-state index < -0.39 is 0 Å². The Balaban J connectivity index is 1.62. The van der Waals surface area contributed by atoms with Crippen molar-refractivity contribution in [3.8, 4) is 11.5 Å². The zero-order chi connectivity index (χ0) is 26.4. The number of aryl methyl sites for hydroxylation is 1. The van der Waals surface area contributed by atoms with E-state index in [4.69, 9.17) is 14.2 Å². The lowest BCUT2D eigenvalue weighted by molar-refractivity contribution is -0.134. The highest BCUT2D eigenvalue weighted by Gasteiger charge is 2.34. The van der Waals surface area contributed by atoms with Gasteiger partial charge in [-0.2, -0.15) is 0 Å². The number of methoxy groups -OCH3 is 3. The molecule has 37 heavy (non-hydrogen) atoms. The fourth-order valence-corrected chi connectivity index (χ4v) is 5.65. The zero-order valence-corrected chi connectivity index (χ0v) is 22.7. The van der Waals surface area contributed by atoms with Gasteiger partial charge in [0, 0.05) is 37.7 Å². The molecule has 0 aliphatic carbocycles. The second-order valence-electron chi connectivity index (χ2n) is 9.09. The first kappa shape index (κ1) is 26.7. The molecule has 7 nitrogen and oxygen atoms in total. The largest absolute Gasteiger partial charge is 0.497 e. The molecule has 1 atom stereocenters. The van der Waals surface area contributed by atoms with Crippen LogP contribution in [0.15, 0.2) is 53.9 Å². The van der Waals surface area contributed by atoms with Crippen LogP contribution in [0.2, 0.25) is 0 Å². The molecular weight excluding hydrogens is 488 g/mol. The number of hydrogen-bond donors (Lipinski definition) is 0. The van der Waals surface area contributed by atoms with Crippen molar-refractivity contribution < 1.29 is 23.8 Å². The Hall–Kier alpha value is -3.36. The van der Waals surface area contributed by atoms with E-state index in [-0.39, 0.29) is 24.4 Å². The summed E-state index contributed by atoms with van der Waals surface area (Å²) in [7, 11) is 4.71. The molecule has 2 amide bonds. The number of carbonyl (C=O) groups is 2. The second kappa shape index (κ2) is 12.3. The van der Waals surface area contributed by atoms with E-state index in [9.17, 15) is 9.59 Å². The van der Waals surface area contributed by atoms with Gasteiger partial charge in [0.25, 0.3) is 5.91 Å². The van der Waals surface area contributed by atoms with Crippen molar-refractivity contribution in [1.29, 1.82) is 0 Å². The molecule has 1 aromatic heterocycles. The van der Waals surface area contributed by atoms with E-state index in [0.717, 1.165) is 12.0 Å². The summed E-state index contributed by atoms with van der Waals surface area (Å²) in [5.74, 6) is 0.660. The molecule has 0 fully saturated rings. The van der Waals surface area contributed by atoms with Crippen molar-refractivity contribution >= 4 is 23.2 Å². The van der Waals surface area contributed by atoms with Crippen molar-refractivity contribution in [3.05, 3.63) is 81.0 Å². The molecule has 2 heterocycles. The van der Waals surface area contributed by atoms with E-state index in [1.807, 2.05) is 4.90 Å². The van der Waals surface area contributed by atoms with Gasteiger partial charge in [-0.1, -0.05) is 29.8 Å². The topological polar surface area (TPSA) is 68.3 Å². The van der Waals surface area contributed by atoms with Crippen molar-refractivity contribution in [3.63, 3.8) is 0 Å². The molecule has 2 aromatic carbocycles. The standard InChI is InChI=1S/C29H34N2O5S/c1-20-6-8-21(9-7-20)28-24-13-17-37-26(24)12-15-31(28)27(32)19-30(14-5-16-34-2)29(33)23-11-10-22(35-3)18-25(23)36-4/h6-11,13,17-18,28H,5,12,14-16,19H2,1-4H3. The number of nitrogens with zero attached hydrogens (tertiary/aromatic N) is 2. The average molecular weight is 523 g/mol. The molecule has 0 saturated carbocycles. The molecule has 0 bridgehead atoms. The summed E-state index contributed by atoms with van der Waals surface area (Å²) in [6.07, 6.45) is 1.43. The van der Waals surface area contributed by atoms with Crippen LogP contribution in [0.25, 0.3) is 0 Å². The van der Waals surface area contributed by atoms with Crippen LogP contribution in [-0.2, 0) is 16.0 Å². The van der Waals surface area contributed by atoms with E-state index in [2.05, 4.69) is 42.6 Å². The average Bonchev–Trinajstić information content (AvgIpc) is 3.41. The van der Waals surface area contributed by atoms with E-state index in [1.54, 1.807) is 48.7 Å². The Morgan fingerprint density at radius 2 is 1.84 bits per heavy atom. The lowest BCUT2D eigenvalue weighted by Crippen LogP contribution is -2.47. The van der Waals surface area contributed by atoms with Gasteiger partial charge in [-0.25, -0.2) is 0 Å². The third-order valence-electron chi connectivity index (χ3n) is 6.71. The van der Waals surface area contributed by atoms with Gasteiger partial charge in [0.1, 0.15) is 18.0 Å². The predicted octanol–water partition coefficient (Wildman–Crippen LogP) is 4.73. The van der Waals surface area contributed by atoms with Gasteiger partial charge in [-0.3, -0.25) is 9.59 Å². The van der Waals surface area contributed by atoms with Crippen LogP contribution in [0.3, 0.4) is 0 Å². The van der Waals surface area contributed by atoms with E-state index >= 15 is 0 Å². The van der Waals surface area contributed by atoms with Crippen molar-refractivity contribution in [1.82, 2.24) is 9.80 Å². The normalized spacial score (nSPS) is 14.7. The van der Waals surface area contributed by atoms with Gasteiger partial charge in [0.15, 0.2) is 0 Å². The molecule has 1 unspecified atom stereocenters. The van der Waals surface area contributed by atoms with Gasteiger partial charge >= 0.3 is 0 Å². The van der Waals surface area contributed by atoms with Gasteiger partial charge in [0.05, 0.1) is 25.8 Å². The first-order valence-electron chi connectivity index (χ1n) is 12.4. The number of amides is 2. The third-order valence-corrected chi connectivity index (χ3v) is 7.70. The molecule has 8 heteroatoms. The summed E-state index contributed by atoms with van der Waals surface area (Å²) in [5.41, 5.74) is 3.81. The van der Waals surface area contributed by atoms with Crippen molar-refractivity contribution in [2.24, 2.45) is 0 Å². The van der Waals surface area contributed by atoms with Gasteiger partial charge in [-0.05, 0) is 54.5 Å². The van der Waals surface area contributed by atoms with Crippen molar-refractivity contribution in [2.45, 2.75) is 25.8 Å². The molecule has 1 aliphatic rings. The first-order valence-corrected chi connectivity index (χ1v) is 13.3. The summed E-state index contributed by atoms with van der Waals surface area (Å²) < 4.78 is 16.0.